The van der Waals surface area contributed by atoms with E-state index in [1.807, 2.05) is 12.1 Å². The summed E-state index contributed by atoms with van der Waals surface area (Å²) < 4.78 is 0. The van der Waals surface area contributed by atoms with Crippen molar-refractivity contribution in [3.05, 3.63) is 35.4 Å². The number of rotatable bonds is 6. The molecule has 0 radical (unpaired) electrons. The fourth-order valence-corrected chi connectivity index (χ4v) is 3.14. The quantitative estimate of drug-likeness (QED) is 0.815. The van der Waals surface area contributed by atoms with Crippen LogP contribution in [0.2, 0.25) is 0 Å². The van der Waals surface area contributed by atoms with Crippen molar-refractivity contribution in [1.29, 1.82) is 0 Å². The number of nitrogens with zero attached hydrogens (tertiary/aromatic N) is 1. The molecule has 2 rings (SSSR count). The first-order valence-electron chi connectivity index (χ1n) is 7.45. The Morgan fingerprint density at radius 3 is 2.43 bits per heavy atom. The lowest BCUT2D eigenvalue weighted by molar-refractivity contribution is -0.132. The van der Waals surface area contributed by atoms with Crippen LogP contribution in [0.25, 0.3) is 0 Å². The van der Waals surface area contributed by atoms with Crippen molar-refractivity contribution in [2.24, 2.45) is 5.73 Å². The number of carbonyl (C=O) groups is 2. The lowest BCUT2D eigenvalue weighted by Crippen LogP contribution is -2.40. The topological polar surface area (TPSA) is 75.4 Å². The van der Waals surface area contributed by atoms with Gasteiger partial charge in [0.1, 0.15) is 6.54 Å². The highest BCUT2D eigenvalue weighted by Gasteiger charge is 2.22. The van der Waals surface area contributed by atoms with Gasteiger partial charge in [0.25, 0.3) is 0 Å². The largest absolute Gasteiger partial charge is 0.353 e. The monoisotopic (exact) mass is 357 g/mol. The SMILES string of the molecule is CC(C)c1ccc(C(N)CNC(=O)CN2CSCC2=O)cc1.Cl. The van der Waals surface area contributed by atoms with Crippen molar-refractivity contribution in [2.45, 2.75) is 25.8 Å². The van der Waals surface area contributed by atoms with Crippen LogP contribution in [0, 0.1) is 0 Å². The molecule has 1 aliphatic heterocycles. The summed E-state index contributed by atoms with van der Waals surface area (Å²) in [5.74, 6) is 1.41. The molecule has 0 aromatic heterocycles. The van der Waals surface area contributed by atoms with Crippen molar-refractivity contribution >= 4 is 36.0 Å². The van der Waals surface area contributed by atoms with Crippen LogP contribution in [0.1, 0.15) is 36.9 Å². The van der Waals surface area contributed by atoms with Crippen molar-refractivity contribution in [3.63, 3.8) is 0 Å². The van der Waals surface area contributed by atoms with Gasteiger partial charge in [0.2, 0.25) is 11.8 Å². The summed E-state index contributed by atoms with van der Waals surface area (Å²) in [7, 11) is 0. The van der Waals surface area contributed by atoms with Gasteiger partial charge in [-0.05, 0) is 17.0 Å². The maximum absolute atomic E-state index is 11.9. The minimum atomic E-state index is -0.242. The molecule has 1 aliphatic rings. The van der Waals surface area contributed by atoms with Crippen LogP contribution in [0.5, 0.6) is 0 Å². The van der Waals surface area contributed by atoms with E-state index >= 15 is 0 Å². The number of hydrogen-bond acceptors (Lipinski definition) is 4. The van der Waals surface area contributed by atoms with Gasteiger partial charge in [-0.15, -0.1) is 24.2 Å². The molecule has 1 atom stereocenters. The van der Waals surface area contributed by atoms with Gasteiger partial charge in [-0.1, -0.05) is 38.1 Å². The lowest BCUT2D eigenvalue weighted by Gasteiger charge is -2.17. The molecule has 3 N–H and O–H groups in total. The molecular weight excluding hydrogens is 334 g/mol. The molecular formula is C16H24ClN3O2S. The Kier molecular flexibility index (Phi) is 7.88. The van der Waals surface area contributed by atoms with Gasteiger partial charge in [0.05, 0.1) is 11.6 Å². The smallest absolute Gasteiger partial charge is 0.239 e. The standard InChI is InChI=1S/C16H23N3O2S.ClH/c1-11(2)12-3-5-13(6-4-12)14(17)7-18-15(20)8-19-10-22-9-16(19)21;/h3-6,11,14H,7-10,17H2,1-2H3,(H,18,20);1H. The molecule has 1 saturated heterocycles. The predicted octanol–water partition coefficient (Wildman–Crippen LogP) is 1.88. The van der Waals surface area contributed by atoms with Crippen LogP contribution in [0.3, 0.4) is 0 Å². The summed E-state index contributed by atoms with van der Waals surface area (Å²) >= 11 is 1.53. The predicted molar refractivity (Wildman–Crippen MR) is 96.8 cm³/mol. The molecule has 128 valence electrons. The highest BCUT2D eigenvalue weighted by atomic mass is 35.5. The molecule has 1 heterocycles. The van der Waals surface area contributed by atoms with Gasteiger partial charge >= 0.3 is 0 Å². The average Bonchev–Trinajstić information content (AvgIpc) is 2.90. The summed E-state index contributed by atoms with van der Waals surface area (Å²) in [5.41, 5.74) is 8.37. The molecule has 5 nitrogen and oxygen atoms in total. The van der Waals surface area contributed by atoms with Gasteiger partial charge < -0.3 is 16.0 Å². The Hall–Kier alpha value is -1.24. The Bertz CT molecular complexity index is 537. The van der Waals surface area contributed by atoms with Gasteiger partial charge in [-0.2, -0.15) is 0 Å². The maximum Gasteiger partial charge on any atom is 0.239 e. The zero-order valence-corrected chi connectivity index (χ0v) is 15.1. The fourth-order valence-electron chi connectivity index (χ4n) is 2.24. The van der Waals surface area contributed by atoms with E-state index in [9.17, 15) is 9.59 Å². The molecule has 0 bridgehead atoms. The van der Waals surface area contributed by atoms with E-state index in [4.69, 9.17) is 5.73 Å². The zero-order chi connectivity index (χ0) is 16.1. The third-order valence-electron chi connectivity index (χ3n) is 3.71. The summed E-state index contributed by atoms with van der Waals surface area (Å²) in [6, 6.07) is 7.91. The van der Waals surface area contributed by atoms with E-state index < -0.39 is 0 Å². The number of amides is 2. The first-order valence-corrected chi connectivity index (χ1v) is 8.60. The molecule has 1 unspecified atom stereocenters. The summed E-state index contributed by atoms with van der Waals surface area (Å²) in [6.07, 6.45) is 0. The molecule has 23 heavy (non-hydrogen) atoms. The first-order chi connectivity index (χ1) is 10.5. The fraction of sp³-hybridized carbons (Fsp3) is 0.500. The van der Waals surface area contributed by atoms with Crippen molar-refractivity contribution in [3.8, 4) is 0 Å². The number of nitrogens with two attached hydrogens (primary N) is 1. The molecule has 2 amide bonds. The van der Waals surface area contributed by atoms with Gasteiger partial charge in [0.15, 0.2) is 0 Å². The normalized spacial score (nSPS) is 15.5. The maximum atomic E-state index is 11.9. The van der Waals surface area contributed by atoms with E-state index in [1.165, 1.54) is 17.3 Å². The van der Waals surface area contributed by atoms with E-state index in [-0.39, 0.29) is 36.8 Å². The number of carbonyl (C=O) groups excluding carboxylic acids is 2. The van der Waals surface area contributed by atoms with E-state index in [0.29, 0.717) is 24.1 Å². The zero-order valence-electron chi connectivity index (χ0n) is 13.5. The highest BCUT2D eigenvalue weighted by Crippen LogP contribution is 2.17. The van der Waals surface area contributed by atoms with Gasteiger partial charge in [0, 0.05) is 12.6 Å². The van der Waals surface area contributed by atoms with Crippen LogP contribution >= 0.6 is 24.2 Å². The van der Waals surface area contributed by atoms with Gasteiger partial charge in [-0.3, -0.25) is 9.59 Å². The average molecular weight is 358 g/mol. The molecule has 7 heteroatoms. The second-order valence-corrected chi connectivity index (χ2v) is 6.76. The van der Waals surface area contributed by atoms with Crippen molar-refractivity contribution < 1.29 is 9.59 Å². The Morgan fingerprint density at radius 1 is 1.30 bits per heavy atom. The third kappa shape index (κ3) is 5.71. The summed E-state index contributed by atoms with van der Waals surface area (Å²) in [5, 5.41) is 2.80. The number of nitrogens with one attached hydrogen (secondary N) is 1. The minimum Gasteiger partial charge on any atom is -0.353 e. The van der Waals surface area contributed by atoms with Crippen LogP contribution in [0.15, 0.2) is 24.3 Å². The Morgan fingerprint density at radius 2 is 1.91 bits per heavy atom. The molecule has 1 aromatic rings. The highest BCUT2D eigenvalue weighted by molar-refractivity contribution is 8.00. The molecule has 0 aliphatic carbocycles. The first kappa shape index (κ1) is 19.8. The van der Waals surface area contributed by atoms with Crippen LogP contribution in [0.4, 0.5) is 0 Å². The minimum absolute atomic E-state index is 0. The van der Waals surface area contributed by atoms with Crippen LogP contribution in [-0.2, 0) is 9.59 Å². The van der Waals surface area contributed by atoms with Crippen molar-refractivity contribution in [2.75, 3.05) is 24.7 Å². The van der Waals surface area contributed by atoms with E-state index in [2.05, 4.69) is 31.3 Å². The van der Waals surface area contributed by atoms with Crippen molar-refractivity contribution in [1.82, 2.24) is 10.2 Å². The molecule has 0 saturated carbocycles. The number of thioether (sulfide) groups is 1. The van der Waals surface area contributed by atoms with E-state index in [1.54, 1.807) is 4.90 Å². The number of hydrogen-bond donors (Lipinski definition) is 2. The second-order valence-electron chi connectivity index (χ2n) is 5.80. The Labute approximate surface area is 147 Å². The van der Waals surface area contributed by atoms with Crippen LogP contribution < -0.4 is 11.1 Å². The number of benzene rings is 1. The number of halogens is 1. The van der Waals surface area contributed by atoms with Crippen LogP contribution in [-0.4, -0.2) is 41.4 Å². The molecule has 1 fully saturated rings. The third-order valence-corrected chi connectivity index (χ3v) is 4.66. The lowest BCUT2D eigenvalue weighted by atomic mass is 9.99. The molecule has 1 aromatic carbocycles. The molecule has 0 spiro atoms. The second kappa shape index (κ2) is 9.15. The summed E-state index contributed by atoms with van der Waals surface area (Å²) in [4.78, 5) is 24.9. The summed E-state index contributed by atoms with van der Waals surface area (Å²) in [6.45, 7) is 4.78. The van der Waals surface area contributed by atoms with Gasteiger partial charge in [-0.25, -0.2) is 0 Å². The Balaban J connectivity index is 0.00000264. The van der Waals surface area contributed by atoms with E-state index in [0.717, 1.165) is 5.56 Å².